The molecule has 5 heteroatoms. The zero-order chi connectivity index (χ0) is 13.2. The van der Waals surface area contributed by atoms with E-state index in [0.717, 1.165) is 16.7 Å². The van der Waals surface area contributed by atoms with Crippen molar-refractivity contribution in [2.24, 2.45) is 0 Å². The molecule has 0 spiro atoms. The summed E-state index contributed by atoms with van der Waals surface area (Å²) in [6.07, 6.45) is 5.50. The molecule has 0 aliphatic rings. The fourth-order valence-corrected chi connectivity index (χ4v) is 1.99. The Morgan fingerprint density at radius 3 is 3.00 bits per heavy atom. The van der Waals surface area contributed by atoms with Crippen LogP contribution in [0.5, 0.6) is 0 Å². The molecule has 0 bridgehead atoms. The molecule has 0 saturated heterocycles. The van der Waals surface area contributed by atoms with Gasteiger partial charge in [-0.15, -0.1) is 10.2 Å². The maximum absolute atomic E-state index is 5.34. The van der Waals surface area contributed by atoms with Crippen LogP contribution in [0.1, 0.15) is 18.6 Å². The van der Waals surface area contributed by atoms with Crippen molar-refractivity contribution in [2.75, 3.05) is 7.11 Å². The van der Waals surface area contributed by atoms with E-state index in [1.807, 2.05) is 23.6 Å². The predicted molar refractivity (Wildman–Crippen MR) is 71.6 cm³/mol. The van der Waals surface area contributed by atoms with Gasteiger partial charge in [-0.05, 0) is 24.1 Å². The van der Waals surface area contributed by atoms with Gasteiger partial charge in [0.25, 0.3) is 5.78 Å². The fraction of sp³-hybridized carbons (Fsp3) is 0.214. The van der Waals surface area contributed by atoms with Crippen LogP contribution >= 0.6 is 0 Å². The zero-order valence-corrected chi connectivity index (χ0v) is 10.8. The molecule has 3 rings (SSSR count). The zero-order valence-electron chi connectivity index (χ0n) is 10.8. The molecule has 2 aromatic heterocycles. The number of hydrogen-bond donors (Lipinski definition) is 0. The fourth-order valence-electron chi connectivity index (χ4n) is 1.99. The molecule has 2 heterocycles. The van der Waals surface area contributed by atoms with E-state index >= 15 is 0 Å². The van der Waals surface area contributed by atoms with Crippen LogP contribution in [0.15, 0.2) is 43.0 Å². The molecule has 0 aliphatic heterocycles. The number of methoxy groups -OCH3 is 1. The Balaban J connectivity index is 2.05. The third-order valence-electron chi connectivity index (χ3n) is 3.19. The number of nitrogens with zero attached hydrogens (tertiary/aromatic N) is 4. The summed E-state index contributed by atoms with van der Waals surface area (Å²) in [6.45, 7) is 2.03. The topological polar surface area (TPSA) is 52.3 Å². The van der Waals surface area contributed by atoms with Crippen LogP contribution in [0.4, 0.5) is 0 Å². The van der Waals surface area contributed by atoms with Gasteiger partial charge in [-0.1, -0.05) is 18.2 Å². The van der Waals surface area contributed by atoms with E-state index in [4.69, 9.17) is 4.74 Å². The number of benzene rings is 1. The van der Waals surface area contributed by atoms with Gasteiger partial charge in [-0.25, -0.2) is 4.98 Å². The van der Waals surface area contributed by atoms with Crippen molar-refractivity contribution >= 4 is 5.78 Å². The Morgan fingerprint density at radius 1 is 1.26 bits per heavy atom. The number of rotatable bonds is 3. The van der Waals surface area contributed by atoms with Crippen molar-refractivity contribution < 1.29 is 4.74 Å². The Morgan fingerprint density at radius 2 is 2.16 bits per heavy atom. The first-order valence-electron chi connectivity index (χ1n) is 6.06. The molecular weight excluding hydrogens is 240 g/mol. The maximum Gasteiger partial charge on any atom is 0.254 e. The van der Waals surface area contributed by atoms with Crippen LogP contribution in [-0.4, -0.2) is 26.7 Å². The first kappa shape index (κ1) is 11.8. The lowest BCUT2D eigenvalue weighted by Gasteiger charge is -2.11. The smallest absolute Gasteiger partial charge is 0.254 e. The Bertz CT molecular complexity index is 707. The van der Waals surface area contributed by atoms with E-state index in [1.54, 1.807) is 19.6 Å². The van der Waals surface area contributed by atoms with Gasteiger partial charge in [0.15, 0.2) is 0 Å². The van der Waals surface area contributed by atoms with Crippen molar-refractivity contribution in [2.45, 2.75) is 13.0 Å². The number of fused-ring (bicyclic) bond motifs is 1. The molecule has 0 fully saturated rings. The van der Waals surface area contributed by atoms with Gasteiger partial charge in [0.1, 0.15) is 6.33 Å². The second-order valence-electron chi connectivity index (χ2n) is 4.38. The molecule has 0 radical (unpaired) electrons. The Kier molecular flexibility index (Phi) is 2.97. The van der Waals surface area contributed by atoms with Crippen LogP contribution in [0.25, 0.3) is 16.9 Å². The molecule has 3 aromatic rings. The number of hydrogen-bond acceptors (Lipinski definition) is 4. The van der Waals surface area contributed by atoms with Crippen molar-refractivity contribution in [3.05, 3.63) is 48.5 Å². The average Bonchev–Trinajstić information content (AvgIpc) is 2.94. The predicted octanol–water partition coefficient (Wildman–Crippen LogP) is 2.50. The molecular formula is C14H14N4O. The molecule has 1 atom stereocenters. The van der Waals surface area contributed by atoms with Crippen LogP contribution < -0.4 is 0 Å². The molecule has 96 valence electrons. The maximum atomic E-state index is 5.34. The molecule has 19 heavy (non-hydrogen) atoms. The van der Waals surface area contributed by atoms with E-state index in [2.05, 4.69) is 33.4 Å². The average molecular weight is 254 g/mol. The van der Waals surface area contributed by atoms with Crippen molar-refractivity contribution in [1.29, 1.82) is 0 Å². The Hall–Kier alpha value is -2.27. The molecule has 5 nitrogen and oxygen atoms in total. The van der Waals surface area contributed by atoms with Crippen molar-refractivity contribution in [1.82, 2.24) is 19.6 Å². The first-order valence-corrected chi connectivity index (χ1v) is 6.06. The van der Waals surface area contributed by atoms with Crippen molar-refractivity contribution in [3.63, 3.8) is 0 Å². The summed E-state index contributed by atoms with van der Waals surface area (Å²) in [5.41, 5.74) is 3.27. The van der Waals surface area contributed by atoms with E-state index in [9.17, 15) is 0 Å². The lowest BCUT2D eigenvalue weighted by atomic mass is 10.0. The normalized spacial score (nSPS) is 12.7. The van der Waals surface area contributed by atoms with Crippen molar-refractivity contribution in [3.8, 4) is 11.1 Å². The van der Waals surface area contributed by atoms with E-state index in [0.29, 0.717) is 5.78 Å². The molecule has 0 N–H and O–H groups in total. The van der Waals surface area contributed by atoms with Gasteiger partial charge in [-0.3, -0.25) is 4.40 Å². The Labute approximate surface area is 110 Å². The summed E-state index contributed by atoms with van der Waals surface area (Å²) in [5.74, 6) is 0.602. The third kappa shape index (κ3) is 2.20. The monoisotopic (exact) mass is 254 g/mol. The summed E-state index contributed by atoms with van der Waals surface area (Å²) in [4.78, 5) is 4.27. The van der Waals surface area contributed by atoms with Gasteiger partial charge >= 0.3 is 0 Å². The highest BCUT2D eigenvalue weighted by Crippen LogP contribution is 2.23. The third-order valence-corrected chi connectivity index (χ3v) is 3.19. The summed E-state index contributed by atoms with van der Waals surface area (Å²) in [5, 5.41) is 7.72. The molecule has 0 saturated carbocycles. The van der Waals surface area contributed by atoms with Crippen LogP contribution in [-0.2, 0) is 4.74 Å². The highest BCUT2D eigenvalue weighted by Gasteiger charge is 2.06. The van der Waals surface area contributed by atoms with Crippen LogP contribution in [0.3, 0.4) is 0 Å². The van der Waals surface area contributed by atoms with Gasteiger partial charge in [0, 0.05) is 25.1 Å². The lowest BCUT2D eigenvalue weighted by Crippen LogP contribution is -1.96. The summed E-state index contributed by atoms with van der Waals surface area (Å²) >= 11 is 0. The minimum Gasteiger partial charge on any atom is -0.377 e. The number of ether oxygens (including phenoxy) is 1. The molecule has 0 aliphatic carbocycles. The minimum absolute atomic E-state index is 0.0755. The first-order chi connectivity index (χ1) is 9.28. The lowest BCUT2D eigenvalue weighted by molar-refractivity contribution is 0.119. The summed E-state index contributed by atoms with van der Waals surface area (Å²) < 4.78 is 7.15. The second kappa shape index (κ2) is 4.78. The van der Waals surface area contributed by atoms with Gasteiger partial charge in [0.05, 0.1) is 6.10 Å². The van der Waals surface area contributed by atoms with E-state index in [1.165, 1.54) is 0 Å². The highest BCUT2D eigenvalue weighted by atomic mass is 16.5. The molecule has 0 amide bonds. The summed E-state index contributed by atoms with van der Waals surface area (Å²) in [6, 6.07) is 8.25. The second-order valence-corrected chi connectivity index (χ2v) is 4.38. The van der Waals surface area contributed by atoms with Gasteiger partial charge in [0.2, 0.25) is 0 Å². The summed E-state index contributed by atoms with van der Waals surface area (Å²) in [7, 11) is 1.71. The number of aromatic nitrogens is 4. The highest BCUT2D eigenvalue weighted by molar-refractivity contribution is 5.63. The molecule has 1 unspecified atom stereocenters. The van der Waals surface area contributed by atoms with Crippen LogP contribution in [0.2, 0.25) is 0 Å². The standard InChI is InChI=1S/C14H14N4O/c1-10(19-2)11-4-3-5-12(6-11)13-7-15-14-17-16-9-18(14)8-13/h3-10H,1-2H3. The van der Waals surface area contributed by atoms with Gasteiger partial charge in [-0.2, -0.15) is 0 Å². The van der Waals surface area contributed by atoms with E-state index in [-0.39, 0.29) is 6.10 Å². The minimum atomic E-state index is 0.0755. The molecule has 1 aromatic carbocycles. The SMILES string of the molecule is COC(C)c1cccc(-c2cnc3nncn3c2)c1. The van der Waals surface area contributed by atoms with Gasteiger partial charge < -0.3 is 4.74 Å². The largest absolute Gasteiger partial charge is 0.377 e. The quantitative estimate of drug-likeness (QED) is 0.720. The van der Waals surface area contributed by atoms with Crippen LogP contribution in [0, 0.1) is 0 Å². The van der Waals surface area contributed by atoms with E-state index < -0.39 is 0 Å².